The molecule has 2 heterocycles. The van der Waals surface area contributed by atoms with Gasteiger partial charge in [0.05, 0.1) is 0 Å². The highest BCUT2D eigenvalue weighted by Gasteiger charge is 2.22. The first kappa shape index (κ1) is 18.7. The topological polar surface area (TPSA) is 72.3 Å². The standard InChI is InChI=1S/C17H31N5O2/c1-13-19-14(2)22(20-13)12-15-7-6-9-21(11-15)10-8-18-16(23)24-17(3,4)5/h15H,6-12H2,1-5H3,(H,18,23)/t15-/m0/s1. The van der Waals surface area contributed by atoms with Gasteiger partial charge in [0.2, 0.25) is 0 Å². The first-order chi connectivity index (χ1) is 11.2. The van der Waals surface area contributed by atoms with Gasteiger partial charge in [-0.1, -0.05) is 0 Å². The minimum absolute atomic E-state index is 0.343. The molecule has 1 aromatic rings. The molecule has 0 radical (unpaired) electrons. The Labute approximate surface area is 144 Å². The van der Waals surface area contributed by atoms with Crippen molar-refractivity contribution in [2.75, 3.05) is 26.2 Å². The summed E-state index contributed by atoms with van der Waals surface area (Å²) < 4.78 is 7.27. The molecule has 24 heavy (non-hydrogen) atoms. The van der Waals surface area contributed by atoms with Crippen molar-refractivity contribution in [3.8, 4) is 0 Å². The second-order valence-corrected chi connectivity index (χ2v) is 7.63. The van der Waals surface area contributed by atoms with E-state index in [1.807, 2.05) is 39.3 Å². The number of ether oxygens (including phenoxy) is 1. The van der Waals surface area contributed by atoms with Gasteiger partial charge in [-0.05, 0) is 59.9 Å². The Morgan fingerprint density at radius 1 is 1.38 bits per heavy atom. The van der Waals surface area contributed by atoms with Crippen LogP contribution in [0.15, 0.2) is 0 Å². The zero-order valence-electron chi connectivity index (χ0n) is 15.6. The molecular weight excluding hydrogens is 306 g/mol. The number of carbonyl (C=O) groups excluding carboxylic acids is 1. The minimum atomic E-state index is -0.450. The van der Waals surface area contributed by atoms with Crippen LogP contribution < -0.4 is 5.32 Å². The van der Waals surface area contributed by atoms with Crippen LogP contribution in [0.3, 0.4) is 0 Å². The van der Waals surface area contributed by atoms with Crippen molar-refractivity contribution in [3.05, 3.63) is 11.6 Å². The van der Waals surface area contributed by atoms with E-state index in [0.717, 1.165) is 37.8 Å². The number of amides is 1. The van der Waals surface area contributed by atoms with Crippen molar-refractivity contribution in [3.63, 3.8) is 0 Å². The summed E-state index contributed by atoms with van der Waals surface area (Å²) in [5, 5.41) is 7.30. The van der Waals surface area contributed by atoms with Gasteiger partial charge in [0.25, 0.3) is 0 Å². The predicted octanol–water partition coefficient (Wildman–Crippen LogP) is 2.13. The number of piperidine rings is 1. The van der Waals surface area contributed by atoms with Gasteiger partial charge in [0.1, 0.15) is 17.2 Å². The summed E-state index contributed by atoms with van der Waals surface area (Å²) in [4.78, 5) is 18.5. The number of hydrogen-bond donors (Lipinski definition) is 1. The van der Waals surface area contributed by atoms with Crippen molar-refractivity contribution in [2.24, 2.45) is 5.92 Å². The van der Waals surface area contributed by atoms with Gasteiger partial charge >= 0.3 is 6.09 Å². The van der Waals surface area contributed by atoms with E-state index in [0.29, 0.717) is 12.5 Å². The molecule has 7 nitrogen and oxygen atoms in total. The largest absolute Gasteiger partial charge is 0.444 e. The number of carbonyl (C=O) groups is 1. The van der Waals surface area contributed by atoms with Crippen molar-refractivity contribution in [2.45, 2.75) is 59.6 Å². The molecule has 0 saturated carbocycles. The molecule has 1 aromatic heterocycles. The molecule has 1 N–H and O–H groups in total. The summed E-state index contributed by atoms with van der Waals surface area (Å²) >= 11 is 0. The van der Waals surface area contributed by atoms with E-state index in [2.05, 4.69) is 20.3 Å². The van der Waals surface area contributed by atoms with E-state index in [-0.39, 0.29) is 6.09 Å². The quantitative estimate of drug-likeness (QED) is 0.891. The third-order valence-corrected chi connectivity index (χ3v) is 4.09. The average Bonchev–Trinajstić information content (AvgIpc) is 2.75. The molecule has 1 atom stereocenters. The fourth-order valence-electron chi connectivity index (χ4n) is 3.11. The number of aromatic nitrogens is 3. The lowest BCUT2D eigenvalue weighted by Crippen LogP contribution is -2.42. The number of aryl methyl sites for hydroxylation is 2. The van der Waals surface area contributed by atoms with E-state index in [1.165, 1.54) is 12.8 Å². The van der Waals surface area contributed by atoms with Crippen molar-refractivity contribution < 1.29 is 9.53 Å². The molecule has 1 amide bonds. The van der Waals surface area contributed by atoms with Crippen molar-refractivity contribution in [1.29, 1.82) is 0 Å². The highest BCUT2D eigenvalue weighted by molar-refractivity contribution is 5.67. The molecule has 2 rings (SSSR count). The molecule has 0 unspecified atom stereocenters. The fourth-order valence-corrected chi connectivity index (χ4v) is 3.11. The molecule has 0 bridgehead atoms. The van der Waals surface area contributed by atoms with Crippen LogP contribution in [0.4, 0.5) is 4.79 Å². The Balaban J connectivity index is 1.73. The van der Waals surface area contributed by atoms with Crippen LogP contribution in [0, 0.1) is 19.8 Å². The maximum absolute atomic E-state index is 11.7. The molecular formula is C17H31N5O2. The van der Waals surface area contributed by atoms with Gasteiger partial charge in [0.15, 0.2) is 0 Å². The van der Waals surface area contributed by atoms with Gasteiger partial charge in [-0.25, -0.2) is 14.5 Å². The molecule has 1 aliphatic heterocycles. The zero-order chi connectivity index (χ0) is 17.7. The lowest BCUT2D eigenvalue weighted by atomic mass is 9.98. The first-order valence-electron chi connectivity index (χ1n) is 8.80. The summed E-state index contributed by atoms with van der Waals surface area (Å²) in [6.45, 7) is 14.1. The summed E-state index contributed by atoms with van der Waals surface area (Å²) in [6.07, 6.45) is 2.06. The van der Waals surface area contributed by atoms with Crippen molar-refractivity contribution in [1.82, 2.24) is 25.0 Å². The molecule has 1 saturated heterocycles. The minimum Gasteiger partial charge on any atom is -0.444 e. The summed E-state index contributed by atoms with van der Waals surface area (Å²) in [7, 11) is 0. The average molecular weight is 337 g/mol. The second-order valence-electron chi connectivity index (χ2n) is 7.63. The second kappa shape index (κ2) is 7.96. The van der Waals surface area contributed by atoms with Gasteiger partial charge in [0, 0.05) is 26.2 Å². The fraction of sp³-hybridized carbons (Fsp3) is 0.824. The van der Waals surface area contributed by atoms with E-state index in [1.54, 1.807) is 0 Å². The smallest absolute Gasteiger partial charge is 0.407 e. The predicted molar refractivity (Wildman–Crippen MR) is 92.9 cm³/mol. The summed E-state index contributed by atoms with van der Waals surface area (Å²) in [5.74, 6) is 2.40. The Bertz CT molecular complexity index is 550. The Morgan fingerprint density at radius 3 is 2.75 bits per heavy atom. The maximum Gasteiger partial charge on any atom is 0.407 e. The first-order valence-corrected chi connectivity index (χ1v) is 8.80. The molecule has 136 valence electrons. The van der Waals surface area contributed by atoms with E-state index in [9.17, 15) is 4.79 Å². The van der Waals surface area contributed by atoms with Gasteiger partial charge in [-0.15, -0.1) is 0 Å². The Kier molecular flexibility index (Phi) is 6.21. The van der Waals surface area contributed by atoms with E-state index < -0.39 is 5.60 Å². The van der Waals surface area contributed by atoms with E-state index >= 15 is 0 Å². The van der Waals surface area contributed by atoms with E-state index in [4.69, 9.17) is 4.74 Å². The van der Waals surface area contributed by atoms with Crippen LogP contribution in [0.1, 0.15) is 45.3 Å². The van der Waals surface area contributed by atoms with Crippen LogP contribution in [-0.2, 0) is 11.3 Å². The number of likely N-dealkylation sites (tertiary alicyclic amines) is 1. The SMILES string of the molecule is Cc1nc(C)n(C[C@H]2CCCN(CCNC(=O)OC(C)(C)C)C2)n1. The number of nitrogens with one attached hydrogen (secondary N) is 1. The third-order valence-electron chi connectivity index (χ3n) is 4.09. The van der Waals surface area contributed by atoms with Crippen LogP contribution in [-0.4, -0.2) is 57.5 Å². The molecule has 1 fully saturated rings. The number of rotatable bonds is 5. The Morgan fingerprint density at radius 2 is 2.12 bits per heavy atom. The number of hydrogen-bond acceptors (Lipinski definition) is 5. The third kappa shape index (κ3) is 6.11. The van der Waals surface area contributed by atoms with Crippen LogP contribution in [0.2, 0.25) is 0 Å². The molecule has 0 aliphatic carbocycles. The van der Waals surface area contributed by atoms with Gasteiger partial charge < -0.3 is 15.0 Å². The lowest BCUT2D eigenvalue weighted by Gasteiger charge is -2.32. The van der Waals surface area contributed by atoms with Crippen molar-refractivity contribution >= 4 is 6.09 Å². The molecule has 1 aliphatic rings. The van der Waals surface area contributed by atoms with Crippen LogP contribution in [0.5, 0.6) is 0 Å². The summed E-state index contributed by atoms with van der Waals surface area (Å²) in [6, 6.07) is 0. The zero-order valence-corrected chi connectivity index (χ0v) is 15.6. The monoisotopic (exact) mass is 337 g/mol. The molecule has 0 aromatic carbocycles. The normalized spacial score (nSPS) is 19.3. The van der Waals surface area contributed by atoms with Crippen LogP contribution >= 0.6 is 0 Å². The molecule has 7 heteroatoms. The number of alkyl carbamates (subject to hydrolysis) is 1. The number of nitrogens with zero attached hydrogens (tertiary/aromatic N) is 4. The Hall–Kier alpha value is -1.63. The highest BCUT2D eigenvalue weighted by Crippen LogP contribution is 2.18. The van der Waals surface area contributed by atoms with Gasteiger partial charge in [-0.2, -0.15) is 5.10 Å². The lowest BCUT2D eigenvalue weighted by molar-refractivity contribution is 0.0517. The van der Waals surface area contributed by atoms with Crippen LogP contribution in [0.25, 0.3) is 0 Å². The maximum atomic E-state index is 11.7. The molecule has 0 spiro atoms. The highest BCUT2D eigenvalue weighted by atomic mass is 16.6. The summed E-state index contributed by atoms with van der Waals surface area (Å²) in [5.41, 5.74) is -0.450. The van der Waals surface area contributed by atoms with Gasteiger partial charge in [-0.3, -0.25) is 0 Å².